The third-order valence-corrected chi connectivity index (χ3v) is 15.1. The van der Waals surface area contributed by atoms with E-state index in [0.717, 1.165) is 160 Å². The highest BCUT2D eigenvalue weighted by Crippen LogP contribution is 2.45. The van der Waals surface area contributed by atoms with Gasteiger partial charge in [-0.3, -0.25) is 0 Å². The van der Waals surface area contributed by atoms with Gasteiger partial charge in [0.25, 0.3) is 0 Å². The quantitative estimate of drug-likeness (QED) is 0.158. The first-order chi connectivity index (χ1) is 37.6. The molecule has 0 saturated carbocycles. The van der Waals surface area contributed by atoms with E-state index in [9.17, 15) is 0 Å². The minimum absolute atomic E-state index is 0.601. The molecule has 0 radical (unpaired) electrons. The van der Waals surface area contributed by atoms with Crippen LogP contribution in [-0.2, 0) is 0 Å². The normalized spacial score (nSPS) is 11.9. The Morgan fingerprint density at radius 3 is 0.816 bits per heavy atom. The van der Waals surface area contributed by atoms with Gasteiger partial charge in [0.15, 0.2) is 5.82 Å². The fourth-order valence-corrected chi connectivity index (χ4v) is 11.5. The van der Waals surface area contributed by atoms with Gasteiger partial charge in [0.05, 0.1) is 11.4 Å². The van der Waals surface area contributed by atoms with Gasteiger partial charge in [0, 0.05) is 82.0 Å². The second-order valence-electron chi connectivity index (χ2n) is 19.5. The fourth-order valence-electron chi connectivity index (χ4n) is 11.5. The van der Waals surface area contributed by atoms with E-state index in [0.29, 0.717) is 5.82 Å². The first kappa shape index (κ1) is 42.2. The molecule has 354 valence electrons. The van der Waals surface area contributed by atoms with Crippen molar-refractivity contribution >= 4 is 87.8 Å². The van der Waals surface area contributed by atoms with E-state index >= 15 is 0 Å². The minimum Gasteiger partial charge on any atom is -0.455 e. The first-order valence-electron chi connectivity index (χ1n) is 25.5. The zero-order chi connectivity index (χ0) is 49.8. The smallest absolute Gasteiger partial charge is 0.160 e. The molecule has 6 heteroatoms. The molecule has 0 N–H and O–H groups in total. The van der Waals surface area contributed by atoms with Crippen molar-refractivity contribution in [3.63, 3.8) is 0 Å². The van der Waals surface area contributed by atoms with E-state index in [1.807, 2.05) is 66.7 Å². The van der Waals surface area contributed by atoms with Crippen LogP contribution in [0.3, 0.4) is 0 Å². The molecule has 16 rings (SSSR count). The lowest BCUT2D eigenvalue weighted by atomic mass is 9.92. The van der Waals surface area contributed by atoms with Crippen LogP contribution in [0.2, 0.25) is 0 Å². The van der Waals surface area contributed by atoms with E-state index in [2.05, 4.69) is 176 Å². The summed E-state index contributed by atoms with van der Waals surface area (Å²) < 4.78 is 26.9. The van der Waals surface area contributed by atoms with Crippen LogP contribution < -0.4 is 0 Å². The summed E-state index contributed by atoms with van der Waals surface area (Å²) in [5, 5.41) is 8.53. The monoisotopic (exact) mass is 972 g/mol. The van der Waals surface area contributed by atoms with Gasteiger partial charge in [-0.15, -0.1) is 0 Å². The van der Waals surface area contributed by atoms with Gasteiger partial charge >= 0.3 is 0 Å². The molecular formula is C70H40N2O4. The summed E-state index contributed by atoms with van der Waals surface area (Å²) in [6, 6.07) is 84.3. The largest absolute Gasteiger partial charge is 0.455 e. The maximum Gasteiger partial charge on any atom is 0.160 e. The van der Waals surface area contributed by atoms with Crippen molar-refractivity contribution in [1.29, 1.82) is 0 Å². The summed E-state index contributed by atoms with van der Waals surface area (Å²) in [6.07, 6.45) is 0. The lowest BCUT2D eigenvalue weighted by Gasteiger charge is -2.15. The molecule has 0 aliphatic rings. The predicted molar refractivity (Wildman–Crippen MR) is 309 cm³/mol. The molecule has 0 aliphatic carbocycles. The lowest BCUT2D eigenvalue weighted by molar-refractivity contribution is 0.669. The van der Waals surface area contributed by atoms with Gasteiger partial charge < -0.3 is 17.7 Å². The van der Waals surface area contributed by atoms with Crippen molar-refractivity contribution < 1.29 is 17.7 Å². The Bertz CT molecular complexity index is 4460. The van der Waals surface area contributed by atoms with E-state index < -0.39 is 0 Å². The van der Waals surface area contributed by atoms with Gasteiger partial charge in [-0.05, 0) is 89.0 Å². The average molecular weight is 973 g/mol. The molecule has 16 aromatic rings. The number of para-hydroxylation sites is 8. The van der Waals surface area contributed by atoms with Crippen molar-refractivity contribution in [3.05, 3.63) is 243 Å². The highest BCUT2D eigenvalue weighted by Gasteiger charge is 2.22. The second kappa shape index (κ2) is 16.6. The second-order valence-corrected chi connectivity index (χ2v) is 19.5. The number of fused-ring (bicyclic) bond motifs is 12. The first-order valence-corrected chi connectivity index (χ1v) is 25.5. The molecule has 5 heterocycles. The van der Waals surface area contributed by atoms with Crippen molar-refractivity contribution in [1.82, 2.24) is 9.97 Å². The number of nitrogens with zero attached hydrogens (tertiary/aromatic N) is 2. The molecule has 0 atom stereocenters. The van der Waals surface area contributed by atoms with Gasteiger partial charge in [0.1, 0.15) is 44.7 Å². The average Bonchev–Trinajstić information content (AvgIpc) is 4.31. The molecular weight excluding hydrogens is 933 g/mol. The summed E-state index contributed by atoms with van der Waals surface area (Å²) in [7, 11) is 0. The van der Waals surface area contributed by atoms with Gasteiger partial charge in [-0.25, -0.2) is 9.97 Å². The van der Waals surface area contributed by atoms with Crippen LogP contribution in [0.15, 0.2) is 260 Å². The van der Waals surface area contributed by atoms with Crippen molar-refractivity contribution in [3.8, 4) is 78.4 Å². The summed E-state index contributed by atoms with van der Waals surface area (Å²) in [5.74, 6) is 0.601. The molecule has 0 unspecified atom stereocenters. The van der Waals surface area contributed by atoms with Gasteiger partial charge in [-0.1, -0.05) is 176 Å². The summed E-state index contributed by atoms with van der Waals surface area (Å²) in [6.45, 7) is 0. The van der Waals surface area contributed by atoms with E-state index in [4.69, 9.17) is 27.6 Å². The minimum atomic E-state index is 0.601. The number of rotatable bonds is 7. The maximum absolute atomic E-state index is 6.72. The molecule has 0 aliphatic heterocycles. The number of hydrogen-bond acceptors (Lipinski definition) is 6. The topological polar surface area (TPSA) is 78.3 Å². The summed E-state index contributed by atoms with van der Waals surface area (Å²) >= 11 is 0. The summed E-state index contributed by atoms with van der Waals surface area (Å²) in [5.41, 5.74) is 18.7. The number of hydrogen-bond donors (Lipinski definition) is 0. The van der Waals surface area contributed by atoms with Crippen molar-refractivity contribution in [2.75, 3.05) is 0 Å². The van der Waals surface area contributed by atoms with Crippen LogP contribution in [0.5, 0.6) is 0 Å². The van der Waals surface area contributed by atoms with Crippen molar-refractivity contribution in [2.45, 2.75) is 0 Å². The zero-order valence-electron chi connectivity index (χ0n) is 40.6. The van der Waals surface area contributed by atoms with E-state index in [1.165, 1.54) is 0 Å². The van der Waals surface area contributed by atoms with Gasteiger partial charge in [0.2, 0.25) is 0 Å². The zero-order valence-corrected chi connectivity index (χ0v) is 40.6. The number of benzene rings is 11. The highest BCUT2D eigenvalue weighted by atomic mass is 16.3. The Morgan fingerprint density at radius 2 is 0.487 bits per heavy atom. The molecule has 0 amide bonds. The van der Waals surface area contributed by atoms with Crippen LogP contribution >= 0.6 is 0 Å². The third-order valence-electron chi connectivity index (χ3n) is 15.1. The Labute approximate surface area is 434 Å². The van der Waals surface area contributed by atoms with Gasteiger partial charge in [-0.2, -0.15) is 0 Å². The summed E-state index contributed by atoms with van der Waals surface area (Å²) in [4.78, 5) is 10.9. The molecule has 76 heavy (non-hydrogen) atoms. The van der Waals surface area contributed by atoms with E-state index in [1.54, 1.807) is 0 Å². The molecule has 0 fully saturated rings. The number of aromatic nitrogens is 2. The van der Waals surface area contributed by atoms with Crippen LogP contribution in [-0.4, -0.2) is 9.97 Å². The highest BCUT2D eigenvalue weighted by molar-refractivity contribution is 6.14. The Morgan fingerprint density at radius 1 is 0.211 bits per heavy atom. The third kappa shape index (κ3) is 6.67. The van der Waals surface area contributed by atoms with Crippen molar-refractivity contribution in [2.24, 2.45) is 0 Å². The molecule has 11 aromatic carbocycles. The van der Waals surface area contributed by atoms with Crippen LogP contribution in [0.4, 0.5) is 0 Å². The molecule has 6 nitrogen and oxygen atoms in total. The van der Waals surface area contributed by atoms with Crippen LogP contribution in [0.1, 0.15) is 0 Å². The number of furan rings is 4. The molecule has 0 bridgehead atoms. The van der Waals surface area contributed by atoms with Crippen LogP contribution in [0.25, 0.3) is 166 Å². The lowest BCUT2D eigenvalue weighted by Crippen LogP contribution is -1.97. The Balaban J connectivity index is 0.963. The van der Waals surface area contributed by atoms with Crippen LogP contribution in [0, 0.1) is 0 Å². The molecule has 0 saturated heterocycles. The maximum atomic E-state index is 6.72. The molecule has 0 spiro atoms. The standard InChI is InChI=1S/C70H40N2O4/c1-2-16-41(17-3-1)70-71-60(46-36-42(48-22-12-26-56-52-18-4-8-30-62(52)73-66(48)56)34-43(37-46)49-23-13-27-57-53-19-5-9-31-63(53)74-67(49)57)40-61(72-70)47-38-44(50-24-14-28-58-54-20-6-10-32-64(54)75-68(50)58)35-45(39-47)51-25-15-29-59-55-21-7-11-33-65(55)76-69(51)59/h1-40H. The predicted octanol–water partition coefficient (Wildman–Crippen LogP) is 19.7. The fraction of sp³-hybridized carbons (Fsp3) is 0. The Hall–Kier alpha value is -10.3. The Kier molecular flexibility index (Phi) is 9.23. The van der Waals surface area contributed by atoms with E-state index in [-0.39, 0.29) is 0 Å². The SMILES string of the molecule is c1ccc(-c2nc(-c3cc(-c4cccc5c4oc4ccccc45)cc(-c4cccc5c4oc4ccccc45)c3)cc(-c3cc(-c4cccc5c4oc4ccccc45)cc(-c4cccc5c4oc4ccccc45)c3)n2)cc1. The molecule has 5 aromatic heterocycles.